The van der Waals surface area contributed by atoms with Gasteiger partial charge in [0.25, 0.3) is 5.91 Å². The van der Waals surface area contributed by atoms with Crippen molar-refractivity contribution < 1.29 is 23.9 Å². The number of hydrogen-bond acceptors (Lipinski definition) is 9. The van der Waals surface area contributed by atoms with Crippen molar-refractivity contribution in [1.29, 1.82) is 0 Å². The first-order valence-corrected chi connectivity index (χ1v) is 19.9. The number of piperidine rings is 1. The highest BCUT2D eigenvalue weighted by Gasteiger charge is 2.30. The average molecular weight is 778 g/mol. The predicted molar refractivity (Wildman–Crippen MR) is 218 cm³/mol. The van der Waals surface area contributed by atoms with Crippen LogP contribution in [0.25, 0.3) is 22.5 Å². The standard InChI is InChI=1S/C43H55N9O5/c1-27-24-33(40(54)45-35-20-22-52(5)23-21-35)16-19-36(27)30-10-6-28(7-11-30)25-37(41(55)46-34-17-14-31(15-18-34)38-48-50-51-49-38)47-39(53)32-12-8-29(9-13-32)26-44-42(56)57-43(2,3)4/h6-7,10-11,14-19,24,29,32,35,37H,8-9,12-13,20-23,25-26H2,1-5H3,(H,44,56)(H,45,54)(H,46,55)(H,47,53)(H,48,49,50,51). The Labute approximate surface area is 334 Å². The topological polar surface area (TPSA) is 183 Å². The molecule has 1 aliphatic carbocycles. The number of tetrazole rings is 1. The Bertz CT molecular complexity index is 1980. The minimum absolute atomic E-state index is 0.0490. The van der Waals surface area contributed by atoms with Gasteiger partial charge < -0.3 is 30.9 Å². The molecule has 57 heavy (non-hydrogen) atoms. The molecule has 14 nitrogen and oxygen atoms in total. The highest BCUT2D eigenvalue weighted by Crippen LogP contribution is 2.30. The van der Waals surface area contributed by atoms with Gasteiger partial charge in [0.15, 0.2) is 0 Å². The first kappa shape index (κ1) is 41.0. The monoisotopic (exact) mass is 777 g/mol. The quantitative estimate of drug-likeness (QED) is 0.121. The number of carbonyl (C=O) groups excluding carboxylic acids is 4. The summed E-state index contributed by atoms with van der Waals surface area (Å²) in [7, 11) is 2.10. The lowest BCUT2D eigenvalue weighted by Gasteiger charge is -2.29. The van der Waals surface area contributed by atoms with Crippen molar-refractivity contribution in [1.82, 2.24) is 41.5 Å². The second-order valence-corrected chi connectivity index (χ2v) is 16.4. The first-order valence-electron chi connectivity index (χ1n) is 19.9. The van der Waals surface area contributed by atoms with Crippen LogP contribution in [0.1, 0.15) is 80.8 Å². The molecule has 5 N–H and O–H groups in total. The van der Waals surface area contributed by atoms with E-state index in [0.29, 0.717) is 36.5 Å². The molecule has 302 valence electrons. The maximum atomic E-state index is 13.9. The summed E-state index contributed by atoms with van der Waals surface area (Å²) in [5.74, 6) is -0.0976. The molecule has 6 rings (SSSR count). The number of rotatable bonds is 12. The molecule has 2 fully saturated rings. The summed E-state index contributed by atoms with van der Waals surface area (Å²) < 4.78 is 5.36. The minimum atomic E-state index is -0.837. The summed E-state index contributed by atoms with van der Waals surface area (Å²) in [6.07, 6.45) is 4.62. The highest BCUT2D eigenvalue weighted by molar-refractivity contribution is 5.98. The van der Waals surface area contributed by atoms with E-state index >= 15 is 0 Å². The number of aromatic amines is 1. The molecule has 1 unspecified atom stereocenters. The Balaban J connectivity index is 1.10. The van der Waals surface area contributed by atoms with Crippen LogP contribution in [0, 0.1) is 18.8 Å². The van der Waals surface area contributed by atoms with Gasteiger partial charge in [0.1, 0.15) is 11.6 Å². The number of likely N-dealkylation sites (tertiary alicyclic amines) is 1. The van der Waals surface area contributed by atoms with Gasteiger partial charge in [0.05, 0.1) is 0 Å². The van der Waals surface area contributed by atoms with Gasteiger partial charge in [0, 0.05) is 41.7 Å². The number of nitrogens with one attached hydrogen (secondary N) is 5. The van der Waals surface area contributed by atoms with Crippen molar-refractivity contribution in [3.8, 4) is 22.5 Å². The summed E-state index contributed by atoms with van der Waals surface area (Å²) in [5.41, 5.74) is 5.26. The largest absolute Gasteiger partial charge is 0.444 e. The van der Waals surface area contributed by atoms with Crippen LogP contribution in [0.15, 0.2) is 66.7 Å². The Morgan fingerprint density at radius 3 is 2.21 bits per heavy atom. The number of anilines is 1. The Morgan fingerprint density at radius 2 is 1.58 bits per heavy atom. The fourth-order valence-corrected chi connectivity index (χ4v) is 7.49. The summed E-state index contributed by atoms with van der Waals surface area (Å²) in [6.45, 7) is 9.94. The molecule has 1 aliphatic heterocycles. The van der Waals surface area contributed by atoms with Crippen molar-refractivity contribution in [2.24, 2.45) is 11.8 Å². The van der Waals surface area contributed by atoms with E-state index in [0.717, 1.165) is 66.6 Å². The third-order valence-electron chi connectivity index (χ3n) is 10.8. The number of ether oxygens (including phenoxy) is 1. The fraction of sp³-hybridized carbons (Fsp3) is 0.465. The summed E-state index contributed by atoms with van der Waals surface area (Å²) in [6, 6.07) is 20.2. The van der Waals surface area contributed by atoms with Crippen molar-refractivity contribution in [2.45, 2.75) is 90.3 Å². The van der Waals surface area contributed by atoms with E-state index in [1.807, 2.05) is 70.2 Å². The number of alkyl carbamates (subject to hydrolysis) is 1. The summed E-state index contributed by atoms with van der Waals surface area (Å²) >= 11 is 0. The number of H-pyrrole nitrogens is 1. The van der Waals surface area contributed by atoms with Crippen molar-refractivity contribution in [3.63, 3.8) is 0 Å². The Kier molecular flexibility index (Phi) is 13.3. The number of amides is 4. The SMILES string of the molecule is Cc1cc(C(=O)NC2CCN(C)CC2)ccc1-c1ccc(CC(NC(=O)C2CCC(CNC(=O)OC(C)(C)C)CC2)C(=O)Nc2ccc(-c3nn[nH]n3)cc2)cc1. The molecule has 2 aliphatic rings. The van der Waals surface area contributed by atoms with Gasteiger partial charge in [-0.2, -0.15) is 5.21 Å². The van der Waals surface area contributed by atoms with Gasteiger partial charge in [-0.3, -0.25) is 14.4 Å². The number of nitrogens with zero attached hydrogens (tertiary/aromatic N) is 4. The minimum Gasteiger partial charge on any atom is -0.444 e. The normalized spacial score (nSPS) is 18.3. The van der Waals surface area contributed by atoms with E-state index in [4.69, 9.17) is 4.74 Å². The van der Waals surface area contributed by atoms with Gasteiger partial charge in [-0.25, -0.2) is 4.79 Å². The Morgan fingerprint density at radius 1 is 0.895 bits per heavy atom. The van der Waals surface area contributed by atoms with Crippen molar-refractivity contribution in [2.75, 3.05) is 32.0 Å². The molecule has 2 heterocycles. The van der Waals surface area contributed by atoms with Crippen LogP contribution in [0.5, 0.6) is 0 Å². The molecule has 0 radical (unpaired) electrons. The molecule has 1 saturated carbocycles. The molecule has 0 bridgehead atoms. The van der Waals surface area contributed by atoms with E-state index in [1.54, 1.807) is 24.3 Å². The van der Waals surface area contributed by atoms with Crippen molar-refractivity contribution >= 4 is 29.5 Å². The van der Waals surface area contributed by atoms with Gasteiger partial charge >= 0.3 is 6.09 Å². The number of aryl methyl sites for hydroxylation is 1. The lowest BCUT2D eigenvalue weighted by atomic mass is 9.81. The average Bonchev–Trinajstić information content (AvgIpc) is 3.73. The number of benzene rings is 3. The van der Waals surface area contributed by atoms with Crippen LogP contribution >= 0.6 is 0 Å². The van der Waals surface area contributed by atoms with Crippen LogP contribution in [-0.4, -0.2) is 93.7 Å². The van der Waals surface area contributed by atoms with Crippen LogP contribution in [0.3, 0.4) is 0 Å². The second-order valence-electron chi connectivity index (χ2n) is 16.4. The van der Waals surface area contributed by atoms with Gasteiger partial charge in [0.2, 0.25) is 17.6 Å². The predicted octanol–water partition coefficient (Wildman–Crippen LogP) is 5.66. The van der Waals surface area contributed by atoms with Crippen molar-refractivity contribution in [3.05, 3.63) is 83.4 Å². The highest BCUT2D eigenvalue weighted by atomic mass is 16.6. The maximum Gasteiger partial charge on any atom is 0.407 e. The van der Waals surface area contributed by atoms with Crippen LogP contribution in [0.4, 0.5) is 10.5 Å². The molecule has 4 amide bonds. The number of aromatic nitrogens is 4. The maximum absolute atomic E-state index is 13.9. The van der Waals surface area contributed by atoms with Crippen LogP contribution in [0.2, 0.25) is 0 Å². The molecule has 1 saturated heterocycles. The molecule has 1 aromatic heterocycles. The molecule has 4 aromatic rings. The van der Waals surface area contributed by atoms with E-state index in [1.165, 1.54) is 0 Å². The second kappa shape index (κ2) is 18.5. The third-order valence-corrected chi connectivity index (χ3v) is 10.8. The lowest BCUT2D eigenvalue weighted by molar-refractivity contribution is -0.130. The molecular formula is C43H55N9O5. The van der Waals surface area contributed by atoms with E-state index < -0.39 is 17.7 Å². The fourth-order valence-electron chi connectivity index (χ4n) is 7.49. The molecular weight excluding hydrogens is 723 g/mol. The number of carbonyl (C=O) groups is 4. The summed E-state index contributed by atoms with van der Waals surface area (Å²) in [4.78, 5) is 55.0. The molecule has 14 heteroatoms. The van der Waals surface area contributed by atoms with Gasteiger partial charge in [-0.1, -0.05) is 30.3 Å². The zero-order valence-electron chi connectivity index (χ0n) is 33.6. The lowest BCUT2D eigenvalue weighted by Crippen LogP contribution is -2.48. The first-order chi connectivity index (χ1) is 27.3. The third kappa shape index (κ3) is 11.7. The zero-order chi connectivity index (χ0) is 40.5. The smallest absolute Gasteiger partial charge is 0.407 e. The molecule has 1 atom stereocenters. The van der Waals surface area contributed by atoms with E-state index in [-0.39, 0.29) is 42.0 Å². The Hall–Kier alpha value is -5.63. The molecule has 0 spiro atoms. The van der Waals surface area contributed by atoms with Gasteiger partial charge in [-0.15, -0.1) is 10.2 Å². The molecule has 3 aromatic carbocycles. The zero-order valence-corrected chi connectivity index (χ0v) is 33.6. The van der Waals surface area contributed by atoms with Crippen LogP contribution in [-0.2, 0) is 20.7 Å². The number of hydrogen-bond donors (Lipinski definition) is 5. The van der Waals surface area contributed by atoms with Gasteiger partial charge in [-0.05, 0) is 156 Å². The van der Waals surface area contributed by atoms with Crippen LogP contribution < -0.4 is 21.3 Å². The summed E-state index contributed by atoms with van der Waals surface area (Å²) in [5, 5.41) is 26.1. The van der Waals surface area contributed by atoms with E-state index in [9.17, 15) is 19.2 Å². The van der Waals surface area contributed by atoms with E-state index in [2.05, 4.69) is 53.8 Å².